The van der Waals surface area contributed by atoms with Gasteiger partial charge in [-0.15, -0.1) is 0 Å². The standard InChI is InChI=1S/C29H43N3O4/c1-27-10-7-21(31-26(34)32-15-13-30-14-16-32)17-20(27)4-5-24-23(27)8-11-28(2)22(9-12-29(24,28)35)19-3-6-25(33)36-18-19/h3,6,18,20-24,30,35H,4-5,7-17H2,1-2H3,(H,31,34)/t20-,21-,22-,23+,24-,27+,28-,29+/m1/s1. The molecular weight excluding hydrogens is 454 g/mol. The Morgan fingerprint density at radius 2 is 1.86 bits per heavy atom. The summed E-state index contributed by atoms with van der Waals surface area (Å²) in [6.07, 6.45) is 11.0. The number of piperazine rings is 1. The highest BCUT2D eigenvalue weighted by Crippen LogP contribution is 2.70. The van der Waals surface area contributed by atoms with Gasteiger partial charge in [0.25, 0.3) is 0 Å². The highest BCUT2D eigenvalue weighted by molar-refractivity contribution is 5.74. The first-order valence-electron chi connectivity index (χ1n) is 14.3. The quantitative estimate of drug-likeness (QED) is 0.577. The largest absolute Gasteiger partial charge is 0.431 e. The maximum Gasteiger partial charge on any atom is 0.335 e. The Kier molecular flexibility index (Phi) is 6.03. The minimum atomic E-state index is -0.669. The van der Waals surface area contributed by atoms with E-state index < -0.39 is 5.60 Å². The van der Waals surface area contributed by atoms with Gasteiger partial charge in [0.1, 0.15) is 0 Å². The molecule has 6 rings (SSSR count). The average Bonchev–Trinajstić information content (AvgIpc) is 3.16. The van der Waals surface area contributed by atoms with Crippen molar-refractivity contribution in [2.75, 3.05) is 26.2 Å². The topological polar surface area (TPSA) is 94.8 Å². The van der Waals surface area contributed by atoms with Gasteiger partial charge in [0.15, 0.2) is 0 Å². The van der Waals surface area contributed by atoms with E-state index in [1.54, 1.807) is 6.26 Å². The monoisotopic (exact) mass is 497 g/mol. The highest BCUT2D eigenvalue weighted by atomic mass is 16.4. The van der Waals surface area contributed by atoms with Crippen LogP contribution in [0.5, 0.6) is 0 Å². The molecule has 1 aromatic heterocycles. The van der Waals surface area contributed by atoms with E-state index in [1.165, 1.54) is 6.07 Å². The molecule has 0 unspecified atom stereocenters. The van der Waals surface area contributed by atoms with Gasteiger partial charge >= 0.3 is 11.7 Å². The molecule has 7 heteroatoms. The van der Waals surface area contributed by atoms with Crippen molar-refractivity contribution in [1.29, 1.82) is 0 Å². The molecule has 198 valence electrons. The van der Waals surface area contributed by atoms with E-state index in [9.17, 15) is 14.7 Å². The van der Waals surface area contributed by atoms with Crippen molar-refractivity contribution in [2.24, 2.45) is 28.6 Å². The van der Waals surface area contributed by atoms with E-state index in [0.717, 1.165) is 89.5 Å². The van der Waals surface area contributed by atoms with Crippen molar-refractivity contribution in [3.05, 3.63) is 34.4 Å². The fourth-order valence-corrected chi connectivity index (χ4v) is 9.59. The molecule has 5 aliphatic rings. The summed E-state index contributed by atoms with van der Waals surface area (Å²) in [5.74, 6) is 1.69. The van der Waals surface area contributed by atoms with E-state index in [4.69, 9.17) is 4.42 Å². The van der Waals surface area contributed by atoms with Gasteiger partial charge in [-0.2, -0.15) is 0 Å². The van der Waals surface area contributed by atoms with Gasteiger partial charge in [0.2, 0.25) is 0 Å². The lowest BCUT2D eigenvalue weighted by Crippen LogP contribution is -2.62. The van der Waals surface area contributed by atoms with E-state index in [0.29, 0.717) is 17.8 Å². The summed E-state index contributed by atoms with van der Waals surface area (Å²) in [6.45, 7) is 8.12. The molecule has 2 heterocycles. The van der Waals surface area contributed by atoms with Crippen LogP contribution in [-0.2, 0) is 0 Å². The van der Waals surface area contributed by atoms with Gasteiger partial charge < -0.3 is 25.1 Å². The highest BCUT2D eigenvalue weighted by Gasteiger charge is 2.67. The molecule has 0 bridgehead atoms. The summed E-state index contributed by atoms with van der Waals surface area (Å²) < 4.78 is 5.22. The summed E-state index contributed by atoms with van der Waals surface area (Å²) >= 11 is 0. The Morgan fingerprint density at radius 3 is 2.61 bits per heavy atom. The minimum Gasteiger partial charge on any atom is -0.431 e. The molecule has 0 aromatic carbocycles. The number of carbonyl (C=O) groups is 1. The molecule has 7 nitrogen and oxygen atoms in total. The molecule has 4 saturated carbocycles. The van der Waals surface area contributed by atoms with Crippen molar-refractivity contribution < 1.29 is 14.3 Å². The lowest BCUT2D eigenvalue weighted by atomic mass is 9.43. The SMILES string of the molecule is C[C@]12CC[C@@H](NC(=O)N3CCNCC3)C[C@H]1CC[C@@H]1[C@@H]2CC[C@]2(C)[C@@H](c3ccc(=O)oc3)CC[C@]12O. The van der Waals surface area contributed by atoms with Crippen molar-refractivity contribution in [3.63, 3.8) is 0 Å². The van der Waals surface area contributed by atoms with Crippen molar-refractivity contribution in [3.8, 4) is 0 Å². The first-order chi connectivity index (χ1) is 17.2. The van der Waals surface area contributed by atoms with E-state index in [-0.39, 0.29) is 34.4 Å². The van der Waals surface area contributed by atoms with Crippen LogP contribution in [0.3, 0.4) is 0 Å². The van der Waals surface area contributed by atoms with Gasteiger partial charge in [0.05, 0.1) is 11.9 Å². The van der Waals surface area contributed by atoms with E-state index in [1.807, 2.05) is 11.0 Å². The molecule has 3 N–H and O–H groups in total. The molecule has 4 aliphatic carbocycles. The molecule has 2 amide bonds. The first kappa shape index (κ1) is 24.5. The predicted molar refractivity (Wildman–Crippen MR) is 138 cm³/mol. The van der Waals surface area contributed by atoms with Gasteiger partial charge in [-0.25, -0.2) is 9.59 Å². The number of carbonyl (C=O) groups excluding carboxylic acids is 1. The third kappa shape index (κ3) is 3.67. The van der Waals surface area contributed by atoms with Crippen LogP contribution in [0.4, 0.5) is 4.79 Å². The second-order valence-electron chi connectivity index (χ2n) is 13.0. The number of hydrogen-bond donors (Lipinski definition) is 3. The van der Waals surface area contributed by atoms with Crippen LogP contribution in [-0.4, -0.2) is 53.9 Å². The second kappa shape index (κ2) is 8.87. The van der Waals surface area contributed by atoms with Gasteiger partial charge in [-0.05, 0) is 98.5 Å². The van der Waals surface area contributed by atoms with Crippen LogP contribution >= 0.6 is 0 Å². The maximum absolute atomic E-state index is 12.8. The maximum atomic E-state index is 12.8. The smallest absolute Gasteiger partial charge is 0.335 e. The average molecular weight is 498 g/mol. The number of aliphatic hydroxyl groups is 1. The predicted octanol–water partition coefficient (Wildman–Crippen LogP) is 3.86. The molecule has 8 atom stereocenters. The van der Waals surface area contributed by atoms with Crippen LogP contribution < -0.4 is 16.3 Å². The molecule has 0 spiro atoms. The summed E-state index contributed by atoms with van der Waals surface area (Å²) in [5.41, 5.74) is 0.122. The summed E-state index contributed by atoms with van der Waals surface area (Å²) in [4.78, 5) is 26.3. The number of nitrogens with one attached hydrogen (secondary N) is 2. The summed E-state index contributed by atoms with van der Waals surface area (Å²) in [5, 5.41) is 19.1. The number of hydrogen-bond acceptors (Lipinski definition) is 5. The fourth-order valence-electron chi connectivity index (χ4n) is 9.59. The number of fused-ring (bicyclic) bond motifs is 5. The Bertz CT molecular complexity index is 1030. The zero-order chi connectivity index (χ0) is 25.1. The van der Waals surface area contributed by atoms with Crippen molar-refractivity contribution in [2.45, 2.75) is 89.2 Å². The third-order valence-electron chi connectivity index (χ3n) is 11.7. The molecule has 36 heavy (non-hydrogen) atoms. The van der Waals surface area contributed by atoms with E-state index >= 15 is 0 Å². The van der Waals surface area contributed by atoms with Crippen LogP contribution in [0.2, 0.25) is 0 Å². The molecule has 5 fully saturated rings. The summed E-state index contributed by atoms with van der Waals surface area (Å²) in [6, 6.07) is 3.80. The Balaban J connectivity index is 1.17. The lowest BCUT2D eigenvalue weighted by molar-refractivity contribution is -0.201. The van der Waals surface area contributed by atoms with E-state index in [2.05, 4.69) is 24.5 Å². The molecule has 1 aromatic rings. The van der Waals surface area contributed by atoms with Crippen LogP contribution in [0.15, 0.2) is 27.6 Å². The number of amides is 2. The normalized spacial score (nSPS) is 44.3. The molecule has 0 radical (unpaired) electrons. The van der Waals surface area contributed by atoms with Gasteiger partial charge in [-0.1, -0.05) is 13.8 Å². The second-order valence-corrected chi connectivity index (χ2v) is 13.0. The zero-order valence-electron chi connectivity index (χ0n) is 21.9. The van der Waals surface area contributed by atoms with Gasteiger partial charge in [-0.3, -0.25) is 0 Å². The Labute approximate surface area is 214 Å². The molecule has 1 aliphatic heterocycles. The van der Waals surface area contributed by atoms with Gasteiger partial charge in [0, 0.05) is 43.7 Å². The molecular formula is C29H43N3O4. The molecule has 1 saturated heterocycles. The minimum absolute atomic E-state index is 0.107. The fraction of sp³-hybridized carbons (Fsp3) is 0.793. The first-order valence-corrected chi connectivity index (χ1v) is 14.3. The van der Waals surface area contributed by atoms with Crippen molar-refractivity contribution >= 4 is 6.03 Å². The van der Waals surface area contributed by atoms with Crippen LogP contribution in [0.1, 0.15) is 83.1 Å². The van der Waals surface area contributed by atoms with Crippen molar-refractivity contribution in [1.82, 2.24) is 15.5 Å². The third-order valence-corrected chi connectivity index (χ3v) is 11.7. The Morgan fingerprint density at radius 1 is 1.06 bits per heavy atom. The zero-order valence-corrected chi connectivity index (χ0v) is 21.9. The van der Waals surface area contributed by atoms with Crippen LogP contribution in [0, 0.1) is 28.6 Å². The number of urea groups is 1. The Hall–Kier alpha value is -1.86. The summed E-state index contributed by atoms with van der Waals surface area (Å²) in [7, 11) is 0. The lowest BCUT2D eigenvalue weighted by Gasteiger charge is -2.63. The number of nitrogens with zero attached hydrogens (tertiary/aromatic N) is 1. The number of rotatable bonds is 2. The van der Waals surface area contributed by atoms with Crippen LogP contribution in [0.25, 0.3) is 0 Å².